The van der Waals surface area contributed by atoms with Crippen molar-refractivity contribution in [2.75, 3.05) is 13.6 Å². The van der Waals surface area contributed by atoms with E-state index in [1.165, 1.54) is 0 Å². The largest absolute Gasteiger partial charge is 0.444 e. The van der Waals surface area contributed by atoms with Crippen LogP contribution >= 0.6 is 12.6 Å². The third kappa shape index (κ3) is 12.0. The summed E-state index contributed by atoms with van der Waals surface area (Å²) in [5.74, 6) is -0.757. The Morgan fingerprint density at radius 3 is 1.93 bits per heavy atom. The zero-order chi connectivity index (χ0) is 33.5. The van der Waals surface area contributed by atoms with Gasteiger partial charge in [-0.25, -0.2) is 4.79 Å². The summed E-state index contributed by atoms with van der Waals surface area (Å²) in [7, 11) is 1.63. The fourth-order valence-electron chi connectivity index (χ4n) is 4.56. The van der Waals surface area contributed by atoms with Gasteiger partial charge in [-0.15, -0.1) is 12.6 Å². The first-order chi connectivity index (χ1) is 21.3. The highest BCUT2D eigenvalue weighted by atomic mass is 32.1. The van der Waals surface area contributed by atoms with Gasteiger partial charge in [0.05, 0.1) is 19.0 Å². The number of amides is 3. The Kier molecular flexibility index (Phi) is 14.7. The number of benzene rings is 2. The highest BCUT2D eigenvalue weighted by Crippen LogP contribution is 2.39. The van der Waals surface area contributed by atoms with E-state index in [-0.39, 0.29) is 24.8 Å². The lowest BCUT2D eigenvalue weighted by Gasteiger charge is -2.38. The maximum absolute atomic E-state index is 13.4. The highest BCUT2D eigenvalue weighted by Gasteiger charge is 2.39. The van der Waals surface area contributed by atoms with Crippen molar-refractivity contribution in [2.24, 2.45) is 0 Å². The number of alkyl carbamates (subject to hydrolysis) is 1. The average Bonchev–Trinajstić information content (AvgIpc) is 3.00. The molecule has 0 aliphatic heterocycles. The summed E-state index contributed by atoms with van der Waals surface area (Å²) in [4.78, 5) is 58.5. The lowest BCUT2D eigenvalue weighted by molar-refractivity contribution is -0.127. The molecule has 0 fully saturated rings. The van der Waals surface area contributed by atoms with Crippen LogP contribution < -0.4 is 21.3 Å². The molecule has 3 amide bonds. The number of thiol groups is 1. The predicted octanol–water partition coefficient (Wildman–Crippen LogP) is 3.97. The Hall–Kier alpha value is -4.22. The quantitative estimate of drug-likeness (QED) is 0.175. The maximum atomic E-state index is 13.4. The molecule has 0 heterocycles. The van der Waals surface area contributed by atoms with Gasteiger partial charge in [0.2, 0.25) is 16.9 Å². The van der Waals surface area contributed by atoms with Crippen LogP contribution in [0.15, 0.2) is 84.5 Å². The summed E-state index contributed by atoms with van der Waals surface area (Å²) in [6.45, 7) is 6.90. The molecule has 0 saturated carbocycles. The highest BCUT2D eigenvalue weighted by molar-refractivity contribution is 7.96. The van der Waals surface area contributed by atoms with E-state index in [1.54, 1.807) is 34.7 Å². The van der Waals surface area contributed by atoms with Crippen LogP contribution in [-0.2, 0) is 29.5 Å². The molecule has 2 aromatic carbocycles. The smallest absolute Gasteiger partial charge is 0.408 e. The van der Waals surface area contributed by atoms with Gasteiger partial charge in [-0.1, -0.05) is 78.9 Å². The lowest BCUT2D eigenvalue weighted by atomic mass is 9.75. The number of carbonyl (C=O) groups excluding carboxylic acids is 5. The van der Waals surface area contributed by atoms with Crippen molar-refractivity contribution in [3.05, 3.63) is 95.6 Å². The van der Waals surface area contributed by atoms with Crippen LogP contribution in [0.3, 0.4) is 0 Å². The van der Waals surface area contributed by atoms with Gasteiger partial charge in [-0.05, 0) is 64.3 Å². The summed E-state index contributed by atoms with van der Waals surface area (Å²) < 4.78 is 4.90. The summed E-state index contributed by atoms with van der Waals surface area (Å²) in [6, 6.07) is 18.0. The van der Waals surface area contributed by atoms with Gasteiger partial charge < -0.3 is 30.8 Å². The zero-order valence-electron chi connectivity index (χ0n) is 26.5. The monoisotopic (exact) mass is 636 g/mol. The molecule has 2 aromatic rings. The van der Waals surface area contributed by atoms with Crippen LogP contribution in [0.5, 0.6) is 0 Å². The number of nitrogens with one attached hydrogen (secondary N) is 4. The van der Waals surface area contributed by atoms with Crippen molar-refractivity contribution in [2.45, 2.75) is 70.2 Å². The normalized spacial score (nSPS) is 14.0. The van der Waals surface area contributed by atoms with E-state index in [2.05, 4.69) is 46.0 Å². The van der Waals surface area contributed by atoms with E-state index in [0.717, 1.165) is 29.5 Å². The topological polar surface area (TPSA) is 143 Å². The van der Waals surface area contributed by atoms with Crippen LogP contribution in [0.25, 0.3) is 0 Å². The minimum Gasteiger partial charge on any atom is -0.444 e. The predicted molar refractivity (Wildman–Crippen MR) is 178 cm³/mol. The molecule has 242 valence electrons. The van der Waals surface area contributed by atoms with Crippen LogP contribution in [-0.4, -0.2) is 60.6 Å². The van der Waals surface area contributed by atoms with E-state index >= 15 is 0 Å². The van der Waals surface area contributed by atoms with Crippen LogP contribution in [0, 0.1) is 0 Å². The molecule has 2 atom stereocenters. The first-order valence-corrected chi connectivity index (χ1v) is 15.2. The molecule has 1 aliphatic carbocycles. The summed E-state index contributed by atoms with van der Waals surface area (Å²) in [5, 5.41) is 10.3. The molecule has 0 radical (unpaired) electrons. The minimum absolute atomic E-state index is 0.0365. The first kappa shape index (κ1) is 37.0. The number of hydrogen-bond acceptors (Lipinski definition) is 7. The maximum Gasteiger partial charge on any atom is 0.408 e. The van der Waals surface area contributed by atoms with Crippen LogP contribution in [0.1, 0.15) is 58.1 Å². The Labute approximate surface area is 270 Å². The third-order valence-electron chi connectivity index (χ3n) is 6.48. The summed E-state index contributed by atoms with van der Waals surface area (Å²) in [5.41, 5.74) is 1.28. The van der Waals surface area contributed by atoms with E-state index in [1.807, 2.05) is 66.7 Å². The number of aldehydes is 1. The molecule has 0 bridgehead atoms. The molecule has 45 heavy (non-hydrogen) atoms. The van der Waals surface area contributed by atoms with Crippen molar-refractivity contribution < 1.29 is 28.7 Å². The molecule has 11 heteroatoms. The van der Waals surface area contributed by atoms with E-state index in [4.69, 9.17) is 4.74 Å². The van der Waals surface area contributed by atoms with Crippen molar-refractivity contribution in [1.29, 1.82) is 0 Å². The van der Waals surface area contributed by atoms with Crippen molar-refractivity contribution in [3.63, 3.8) is 0 Å². The second kappa shape index (κ2) is 17.9. The number of ether oxygens (including phenoxy) is 1. The van der Waals surface area contributed by atoms with Gasteiger partial charge in [0.15, 0.2) is 0 Å². The molecular weight excluding hydrogens is 592 g/mol. The summed E-state index contributed by atoms with van der Waals surface area (Å²) >= 11 is 3.89. The Balaban J connectivity index is 0.000000498. The van der Waals surface area contributed by atoms with Crippen LogP contribution in [0.2, 0.25) is 0 Å². The summed E-state index contributed by atoms with van der Waals surface area (Å²) in [6.07, 6.45) is 7.92. The van der Waals surface area contributed by atoms with Gasteiger partial charge in [-0.3, -0.25) is 14.4 Å². The Morgan fingerprint density at radius 1 is 0.911 bits per heavy atom. The van der Waals surface area contributed by atoms with Gasteiger partial charge >= 0.3 is 6.09 Å². The number of carbonyl (C=O) groups is 5. The molecule has 10 nitrogen and oxygen atoms in total. The van der Waals surface area contributed by atoms with E-state index in [0.29, 0.717) is 6.29 Å². The van der Waals surface area contributed by atoms with E-state index in [9.17, 15) is 24.0 Å². The number of allylic oxidation sites excluding steroid dienone is 2. The van der Waals surface area contributed by atoms with Crippen molar-refractivity contribution in [1.82, 2.24) is 21.3 Å². The van der Waals surface area contributed by atoms with Crippen molar-refractivity contribution >= 4 is 41.9 Å². The number of rotatable bonds is 12. The SMILES string of the molecule is CC(C=O)NC(=O)OC(C)(C)C.CNCC(=O)NC(CC(=O)NC(C1=CCCC=C1)(c1ccccc1)c1ccccc1)C(=O)S. The molecule has 2 unspecified atom stereocenters. The van der Waals surface area contributed by atoms with E-state index < -0.39 is 34.4 Å². The second-order valence-electron chi connectivity index (χ2n) is 11.4. The minimum atomic E-state index is -1.03. The van der Waals surface area contributed by atoms with Gasteiger partial charge in [0.1, 0.15) is 23.5 Å². The fraction of sp³-hybridized carbons (Fsp3) is 0.382. The third-order valence-corrected chi connectivity index (χ3v) is 6.79. The van der Waals surface area contributed by atoms with Crippen molar-refractivity contribution in [3.8, 4) is 0 Å². The molecular formula is C34H44N4O6S. The molecule has 0 spiro atoms. The zero-order valence-corrected chi connectivity index (χ0v) is 27.4. The Morgan fingerprint density at radius 2 is 1.49 bits per heavy atom. The molecule has 1 aliphatic rings. The van der Waals surface area contributed by atoms with Gasteiger partial charge in [-0.2, -0.15) is 0 Å². The second-order valence-corrected chi connectivity index (χ2v) is 11.9. The number of likely N-dealkylation sites (N-methyl/N-ethyl adjacent to an activating group) is 1. The fourth-order valence-corrected chi connectivity index (χ4v) is 4.72. The van der Waals surface area contributed by atoms with Gasteiger partial charge in [0, 0.05) is 0 Å². The molecule has 4 N–H and O–H groups in total. The molecule has 0 aromatic heterocycles. The Bertz CT molecular complexity index is 1320. The number of hydrogen-bond donors (Lipinski definition) is 5. The molecule has 3 rings (SSSR count). The van der Waals surface area contributed by atoms with Crippen LogP contribution in [0.4, 0.5) is 4.79 Å². The molecule has 0 saturated heterocycles. The average molecular weight is 637 g/mol. The van der Waals surface area contributed by atoms with Gasteiger partial charge in [0.25, 0.3) is 0 Å². The standard InChI is InChI=1S/C26H29N3O3S.C8H15NO3/c1-27-18-24(31)28-22(25(32)33)17-23(30)29-26(19-11-5-2-6-12-19,20-13-7-3-8-14-20)21-15-9-4-10-16-21;1-6(5-10)9-7(11)12-8(2,3)4/h2-3,5-9,11-16,22,27H,4,10,17-18H2,1H3,(H,28,31)(H,29,30)(H,32,33);5-6H,1-4H3,(H,9,11). The first-order valence-electron chi connectivity index (χ1n) is 14.7. The lowest BCUT2D eigenvalue weighted by Crippen LogP contribution is -2.51.